The summed E-state index contributed by atoms with van der Waals surface area (Å²) >= 11 is 0. The Bertz CT molecular complexity index is 845. The van der Waals surface area contributed by atoms with Crippen LogP contribution in [0.5, 0.6) is 0 Å². The molecule has 0 bridgehead atoms. The molecule has 0 fully saturated rings. The maximum Gasteiger partial charge on any atom is 0.0213 e. The summed E-state index contributed by atoms with van der Waals surface area (Å²) in [7, 11) is 4.30. The van der Waals surface area contributed by atoms with E-state index in [1.54, 1.807) is 0 Å². The highest BCUT2D eigenvalue weighted by atomic mass is 15.1. The zero-order chi connectivity index (χ0) is 17.9. The Kier molecular flexibility index (Phi) is 4.94. The van der Waals surface area contributed by atoms with Gasteiger partial charge in [-0.1, -0.05) is 48.5 Å². The number of hydrogen-bond donors (Lipinski definition) is 0. The normalized spacial score (nSPS) is 16.0. The fourth-order valence-corrected chi connectivity index (χ4v) is 4.16. The topological polar surface area (TPSA) is 6.48 Å². The van der Waals surface area contributed by atoms with Crippen molar-refractivity contribution in [3.8, 4) is 0 Å². The molecule has 0 spiro atoms. The molecule has 2 aromatic carbocycles. The van der Waals surface area contributed by atoms with E-state index in [-0.39, 0.29) is 0 Å². The minimum atomic E-state index is 1.03. The second-order valence-electron chi connectivity index (χ2n) is 7.64. The smallest absolute Gasteiger partial charge is 0.0213 e. The molecule has 0 atom stereocenters. The monoisotopic (exact) mass is 344 g/mol. The summed E-state index contributed by atoms with van der Waals surface area (Å²) in [5, 5.41) is 0. The Morgan fingerprint density at radius 3 is 2.38 bits per heavy atom. The molecule has 1 aliphatic carbocycles. The lowest BCUT2D eigenvalue weighted by Gasteiger charge is -2.21. The molecular weight excluding hydrogens is 316 g/mol. The third-order valence-electron chi connectivity index (χ3n) is 5.51. The molecule has 0 amide bonds. The van der Waals surface area contributed by atoms with Crippen molar-refractivity contribution < 1.29 is 0 Å². The van der Waals surface area contributed by atoms with E-state index >= 15 is 0 Å². The molecule has 1 heterocycles. The van der Waals surface area contributed by atoms with Crippen LogP contribution in [0.3, 0.4) is 0 Å². The van der Waals surface area contributed by atoms with Crippen LogP contribution in [0.25, 0.3) is 11.1 Å². The number of allylic oxidation sites excluding steroid dienone is 2. The lowest BCUT2D eigenvalue weighted by atomic mass is 9.93. The van der Waals surface area contributed by atoms with Crippen LogP contribution in [0.1, 0.15) is 35.1 Å². The maximum absolute atomic E-state index is 2.49. The second-order valence-corrected chi connectivity index (χ2v) is 7.64. The molecule has 0 saturated carbocycles. The first-order valence-corrected chi connectivity index (χ1v) is 9.69. The predicted octanol–water partition coefficient (Wildman–Crippen LogP) is 4.67. The lowest BCUT2D eigenvalue weighted by molar-refractivity contribution is 0.331. The first kappa shape index (κ1) is 17.1. The largest absolute Gasteiger partial charge is 0.377 e. The Morgan fingerprint density at radius 1 is 0.923 bits per heavy atom. The molecule has 2 aliphatic rings. The highest BCUT2D eigenvalue weighted by Gasteiger charge is 2.21. The van der Waals surface area contributed by atoms with Crippen LogP contribution in [0.2, 0.25) is 0 Å². The van der Waals surface area contributed by atoms with E-state index in [4.69, 9.17) is 0 Å². The van der Waals surface area contributed by atoms with Crippen molar-refractivity contribution in [2.24, 2.45) is 0 Å². The summed E-state index contributed by atoms with van der Waals surface area (Å²) in [6, 6.07) is 17.9. The number of nitrogens with zero attached hydrogens (tertiary/aromatic N) is 2. The van der Waals surface area contributed by atoms with Crippen molar-refractivity contribution in [2.45, 2.75) is 19.3 Å². The average molecular weight is 345 g/mol. The fourth-order valence-electron chi connectivity index (χ4n) is 4.16. The van der Waals surface area contributed by atoms with Gasteiger partial charge in [0.2, 0.25) is 0 Å². The van der Waals surface area contributed by atoms with E-state index in [1.807, 2.05) is 0 Å². The molecule has 0 N–H and O–H groups in total. The van der Waals surface area contributed by atoms with Gasteiger partial charge in [-0.25, -0.2) is 0 Å². The molecule has 134 valence electrons. The first-order valence-electron chi connectivity index (χ1n) is 9.69. The van der Waals surface area contributed by atoms with Crippen LogP contribution >= 0.6 is 0 Å². The second kappa shape index (κ2) is 7.51. The van der Waals surface area contributed by atoms with Gasteiger partial charge in [0.15, 0.2) is 0 Å². The third-order valence-corrected chi connectivity index (χ3v) is 5.51. The van der Waals surface area contributed by atoms with Gasteiger partial charge in [0.05, 0.1) is 0 Å². The lowest BCUT2D eigenvalue weighted by Crippen LogP contribution is -2.23. The van der Waals surface area contributed by atoms with Crippen molar-refractivity contribution in [2.75, 3.05) is 33.7 Å². The van der Waals surface area contributed by atoms with Gasteiger partial charge in [-0.15, -0.1) is 0 Å². The molecule has 2 aromatic rings. The van der Waals surface area contributed by atoms with Crippen LogP contribution in [0.15, 0.2) is 60.8 Å². The van der Waals surface area contributed by atoms with Crippen molar-refractivity contribution in [1.29, 1.82) is 0 Å². The summed E-state index contributed by atoms with van der Waals surface area (Å²) in [5.74, 6) is 0. The summed E-state index contributed by atoms with van der Waals surface area (Å²) in [6.07, 6.45) is 8.02. The zero-order valence-corrected chi connectivity index (χ0v) is 15.9. The van der Waals surface area contributed by atoms with Crippen LogP contribution in [-0.2, 0) is 6.42 Å². The van der Waals surface area contributed by atoms with E-state index in [2.05, 4.69) is 84.7 Å². The van der Waals surface area contributed by atoms with Crippen LogP contribution < -0.4 is 0 Å². The van der Waals surface area contributed by atoms with Gasteiger partial charge in [-0.05, 0) is 85.6 Å². The zero-order valence-electron chi connectivity index (χ0n) is 15.9. The minimum absolute atomic E-state index is 1.03. The molecule has 4 rings (SSSR count). The number of benzene rings is 2. The molecule has 26 heavy (non-hydrogen) atoms. The van der Waals surface area contributed by atoms with Gasteiger partial charge >= 0.3 is 0 Å². The quantitative estimate of drug-likeness (QED) is 0.795. The molecule has 1 aliphatic heterocycles. The van der Waals surface area contributed by atoms with Gasteiger partial charge in [-0.3, -0.25) is 0 Å². The fraction of sp³-hybridized carbons (Fsp3) is 0.333. The summed E-state index contributed by atoms with van der Waals surface area (Å²) in [6.45, 7) is 3.36. The SMILES string of the molecule is CN(C)CCCN1C=CC2=C(CC1)c1ccccc1Cc1ccccc12. The minimum Gasteiger partial charge on any atom is -0.377 e. The Labute approximate surface area is 157 Å². The molecular formula is C24H28N2. The standard InChI is InChI=1S/C24H28N2/c1-25(2)14-7-15-26-16-12-23-21-10-5-3-8-19(21)18-20-9-4-6-11-22(20)24(23)13-17-26/h3-6,8-12,16H,7,13-15,17-18H2,1-2H3. The Balaban J connectivity index is 1.69. The van der Waals surface area contributed by atoms with Gasteiger partial charge in [0.1, 0.15) is 0 Å². The highest BCUT2D eigenvalue weighted by Crippen LogP contribution is 2.39. The van der Waals surface area contributed by atoms with E-state index in [0.717, 1.165) is 32.5 Å². The van der Waals surface area contributed by atoms with Gasteiger partial charge in [0, 0.05) is 13.1 Å². The average Bonchev–Trinajstić information content (AvgIpc) is 2.92. The van der Waals surface area contributed by atoms with E-state index < -0.39 is 0 Å². The van der Waals surface area contributed by atoms with Crippen LogP contribution in [0, 0.1) is 0 Å². The van der Waals surface area contributed by atoms with E-state index in [1.165, 1.54) is 39.8 Å². The predicted molar refractivity (Wildman–Crippen MR) is 111 cm³/mol. The number of fused-ring (bicyclic) bond motifs is 4. The van der Waals surface area contributed by atoms with Crippen LogP contribution in [-0.4, -0.2) is 43.5 Å². The summed E-state index contributed by atoms with van der Waals surface area (Å²) < 4.78 is 0. The van der Waals surface area contributed by atoms with Crippen LogP contribution in [0.4, 0.5) is 0 Å². The highest BCUT2D eigenvalue weighted by molar-refractivity contribution is 5.98. The number of rotatable bonds is 4. The van der Waals surface area contributed by atoms with Gasteiger partial charge < -0.3 is 9.80 Å². The Morgan fingerprint density at radius 2 is 1.62 bits per heavy atom. The van der Waals surface area contributed by atoms with E-state index in [0.29, 0.717) is 0 Å². The Hall–Kier alpha value is -2.32. The molecule has 2 nitrogen and oxygen atoms in total. The van der Waals surface area contributed by atoms with Crippen molar-refractivity contribution >= 4 is 11.1 Å². The molecule has 0 saturated heterocycles. The number of hydrogen-bond acceptors (Lipinski definition) is 2. The van der Waals surface area contributed by atoms with Gasteiger partial charge in [0.25, 0.3) is 0 Å². The summed E-state index contributed by atoms with van der Waals surface area (Å²) in [4.78, 5) is 4.75. The van der Waals surface area contributed by atoms with Gasteiger partial charge in [-0.2, -0.15) is 0 Å². The van der Waals surface area contributed by atoms with Crippen molar-refractivity contribution in [1.82, 2.24) is 9.80 Å². The third kappa shape index (κ3) is 3.47. The molecule has 2 heteroatoms. The maximum atomic E-state index is 2.49. The first-order chi connectivity index (χ1) is 12.7. The molecule has 0 unspecified atom stereocenters. The molecule has 0 aromatic heterocycles. The van der Waals surface area contributed by atoms with Crippen molar-refractivity contribution in [3.05, 3.63) is 83.1 Å². The summed E-state index contributed by atoms with van der Waals surface area (Å²) in [5.41, 5.74) is 8.68. The van der Waals surface area contributed by atoms with Crippen molar-refractivity contribution in [3.63, 3.8) is 0 Å². The molecule has 0 radical (unpaired) electrons. The van der Waals surface area contributed by atoms with E-state index in [9.17, 15) is 0 Å².